The van der Waals surface area contributed by atoms with Crippen LogP contribution in [0.1, 0.15) is 33.9 Å². The van der Waals surface area contributed by atoms with Gasteiger partial charge in [0.1, 0.15) is 11.0 Å². The normalized spacial score (nSPS) is 29.7. The molecule has 26 heavy (non-hydrogen) atoms. The van der Waals surface area contributed by atoms with E-state index in [2.05, 4.69) is 4.98 Å². The van der Waals surface area contributed by atoms with Crippen molar-refractivity contribution in [3.63, 3.8) is 0 Å². The first-order valence-electron chi connectivity index (χ1n) is 8.25. The molecule has 1 aromatic heterocycles. The van der Waals surface area contributed by atoms with Gasteiger partial charge in [-0.25, -0.2) is 9.59 Å². The lowest BCUT2D eigenvalue weighted by Crippen LogP contribution is -2.53. The van der Waals surface area contributed by atoms with E-state index in [9.17, 15) is 19.5 Å². The minimum Gasteiger partial charge on any atom is -0.479 e. The Morgan fingerprint density at radius 1 is 1.42 bits per heavy atom. The van der Waals surface area contributed by atoms with Crippen molar-refractivity contribution >= 4 is 25.9 Å². The van der Waals surface area contributed by atoms with Gasteiger partial charge >= 0.3 is 11.7 Å². The van der Waals surface area contributed by atoms with Crippen molar-refractivity contribution in [1.29, 1.82) is 0 Å². The molecule has 1 aliphatic rings. The van der Waals surface area contributed by atoms with E-state index in [0.717, 1.165) is 10.6 Å². The average Bonchev–Trinajstić information content (AvgIpc) is 2.70. The van der Waals surface area contributed by atoms with Gasteiger partial charge in [-0.05, 0) is 25.1 Å². The minimum absolute atomic E-state index is 0.171. The molecule has 0 radical (unpaired) electrons. The number of rotatable bonds is 4. The van der Waals surface area contributed by atoms with Gasteiger partial charge in [-0.2, -0.15) is 0 Å². The molecule has 0 saturated carbocycles. The van der Waals surface area contributed by atoms with E-state index in [1.807, 2.05) is 33.9 Å². The number of nitrogens with one attached hydrogen (secondary N) is 1. The number of carboxylic acids is 1. The summed E-state index contributed by atoms with van der Waals surface area (Å²) in [5.41, 5.74) is -1.30. The number of aromatic nitrogens is 2. The summed E-state index contributed by atoms with van der Waals surface area (Å²) in [5.74, 6) is -1.22. The molecular formula is C16H25ClN2O6Si. The Labute approximate surface area is 157 Å². The Morgan fingerprint density at radius 3 is 2.46 bits per heavy atom. The second-order valence-electron chi connectivity index (χ2n) is 8.21. The zero-order chi connectivity index (χ0) is 20.1. The quantitative estimate of drug-likeness (QED) is 0.585. The predicted molar refractivity (Wildman–Crippen MR) is 99.2 cm³/mol. The van der Waals surface area contributed by atoms with Crippen LogP contribution in [-0.4, -0.2) is 46.0 Å². The number of H-pyrrole nitrogens is 1. The molecule has 0 unspecified atom stereocenters. The Bertz CT molecular complexity index is 810. The molecule has 2 heterocycles. The topological polar surface area (TPSA) is 111 Å². The van der Waals surface area contributed by atoms with E-state index in [1.54, 1.807) is 6.92 Å². The summed E-state index contributed by atoms with van der Waals surface area (Å²) in [6.45, 7) is 11.6. The maximum absolute atomic E-state index is 12.1. The number of halogens is 1. The average molecular weight is 405 g/mol. The number of carboxylic acid groups (broad SMARTS) is 1. The Balaban J connectivity index is 2.49. The summed E-state index contributed by atoms with van der Waals surface area (Å²) >= 11 is 6.70. The number of aliphatic carboxylic acids is 1. The van der Waals surface area contributed by atoms with Gasteiger partial charge in [0.25, 0.3) is 5.56 Å². The van der Waals surface area contributed by atoms with Gasteiger partial charge in [0.2, 0.25) is 0 Å². The van der Waals surface area contributed by atoms with E-state index in [4.69, 9.17) is 20.8 Å². The van der Waals surface area contributed by atoms with Gasteiger partial charge in [-0.15, -0.1) is 11.6 Å². The SMILES string of the molecule is CC(C)(C)[Si](C)(C)O[C@@H]1[C@@H](C(=O)O)O[C@@H](n2ccc(=O)[nH]c2=O)[C@]1(C)Cl. The monoisotopic (exact) mass is 404 g/mol. The highest BCUT2D eigenvalue weighted by Crippen LogP contribution is 2.48. The number of hydrogen-bond donors (Lipinski definition) is 2. The number of nitrogens with zero attached hydrogens (tertiary/aromatic N) is 1. The molecule has 2 N–H and O–H groups in total. The summed E-state index contributed by atoms with van der Waals surface area (Å²) < 4.78 is 13.0. The summed E-state index contributed by atoms with van der Waals surface area (Å²) in [6.07, 6.45) is -2.17. The molecule has 0 spiro atoms. The highest BCUT2D eigenvalue weighted by Gasteiger charge is 2.59. The first-order valence-corrected chi connectivity index (χ1v) is 11.5. The van der Waals surface area contributed by atoms with Crippen LogP contribution in [0.4, 0.5) is 0 Å². The van der Waals surface area contributed by atoms with Crippen molar-refractivity contribution in [2.45, 2.75) is 69.1 Å². The summed E-state index contributed by atoms with van der Waals surface area (Å²) in [7, 11) is -2.37. The van der Waals surface area contributed by atoms with Crippen LogP contribution in [0.15, 0.2) is 21.9 Å². The van der Waals surface area contributed by atoms with Gasteiger partial charge in [-0.3, -0.25) is 14.3 Å². The minimum atomic E-state index is -2.37. The van der Waals surface area contributed by atoms with Crippen molar-refractivity contribution in [2.24, 2.45) is 0 Å². The largest absolute Gasteiger partial charge is 0.479 e. The molecule has 0 aromatic carbocycles. The van der Waals surface area contributed by atoms with Crippen LogP contribution < -0.4 is 11.2 Å². The van der Waals surface area contributed by atoms with E-state index in [-0.39, 0.29) is 5.04 Å². The van der Waals surface area contributed by atoms with Gasteiger partial charge in [0.15, 0.2) is 20.6 Å². The van der Waals surface area contributed by atoms with Crippen LogP contribution >= 0.6 is 11.6 Å². The highest BCUT2D eigenvalue weighted by molar-refractivity contribution is 6.74. The van der Waals surface area contributed by atoms with Gasteiger partial charge < -0.3 is 14.3 Å². The molecule has 4 atom stereocenters. The Morgan fingerprint density at radius 2 is 2.00 bits per heavy atom. The van der Waals surface area contributed by atoms with Crippen LogP contribution in [-0.2, 0) is 14.0 Å². The zero-order valence-corrected chi connectivity index (χ0v) is 17.5. The van der Waals surface area contributed by atoms with Gasteiger partial charge in [-0.1, -0.05) is 20.8 Å². The van der Waals surface area contributed by atoms with Gasteiger partial charge in [0, 0.05) is 12.3 Å². The van der Waals surface area contributed by atoms with Gasteiger partial charge in [0.05, 0.1) is 0 Å². The summed E-state index contributed by atoms with van der Waals surface area (Å²) in [4.78, 5) is 36.0. The smallest absolute Gasteiger partial charge is 0.335 e. The fourth-order valence-electron chi connectivity index (χ4n) is 2.59. The number of ether oxygens (including phenoxy) is 1. The zero-order valence-electron chi connectivity index (χ0n) is 15.7. The molecule has 0 bridgehead atoms. The molecule has 146 valence electrons. The third-order valence-electron chi connectivity index (χ3n) is 5.16. The van der Waals surface area contributed by atoms with E-state index < -0.39 is 48.8 Å². The maximum Gasteiger partial charge on any atom is 0.335 e. The third kappa shape index (κ3) is 3.66. The van der Waals surface area contributed by atoms with Crippen LogP contribution in [0, 0.1) is 0 Å². The van der Waals surface area contributed by atoms with E-state index in [1.165, 1.54) is 6.20 Å². The summed E-state index contributed by atoms with van der Waals surface area (Å²) in [5, 5.41) is 9.43. The molecule has 1 aliphatic heterocycles. The number of hydrogen-bond acceptors (Lipinski definition) is 5. The second-order valence-corrected chi connectivity index (χ2v) is 13.8. The standard InChI is InChI=1S/C16H25ClN2O6Si/c1-15(2,3)26(5,6)25-11-10(12(21)22)24-13(16(11,4)17)19-8-7-9(20)18-14(19)23/h7-8,10-11,13H,1-6H3,(H,21,22)(H,18,20,23)/t10-,11+,13+,16+/m0/s1. The van der Waals surface area contributed by atoms with Crippen molar-refractivity contribution in [2.75, 3.05) is 0 Å². The third-order valence-corrected chi connectivity index (χ3v) is 10.0. The van der Waals surface area contributed by atoms with Crippen molar-refractivity contribution < 1.29 is 19.1 Å². The maximum atomic E-state index is 12.1. The number of aromatic amines is 1. The number of carbonyl (C=O) groups is 1. The molecule has 0 amide bonds. The number of alkyl halides is 1. The highest BCUT2D eigenvalue weighted by atomic mass is 35.5. The molecule has 0 aliphatic carbocycles. The molecule has 10 heteroatoms. The molecule has 1 saturated heterocycles. The summed E-state index contributed by atoms with van der Waals surface area (Å²) in [6, 6.07) is 1.15. The van der Waals surface area contributed by atoms with Crippen LogP contribution in [0.3, 0.4) is 0 Å². The van der Waals surface area contributed by atoms with Crippen LogP contribution in [0.25, 0.3) is 0 Å². The fourth-order valence-corrected chi connectivity index (χ4v) is 4.34. The molecule has 2 rings (SSSR count). The molecule has 8 nitrogen and oxygen atoms in total. The molecule has 1 aromatic rings. The van der Waals surface area contributed by atoms with Crippen molar-refractivity contribution in [3.05, 3.63) is 33.1 Å². The first kappa shape index (κ1) is 20.9. The van der Waals surface area contributed by atoms with Crippen molar-refractivity contribution in [3.8, 4) is 0 Å². The lowest BCUT2D eigenvalue weighted by atomic mass is 10.0. The van der Waals surface area contributed by atoms with Crippen LogP contribution in [0.2, 0.25) is 18.1 Å². The van der Waals surface area contributed by atoms with Crippen LogP contribution in [0.5, 0.6) is 0 Å². The fraction of sp³-hybridized carbons (Fsp3) is 0.688. The Hall–Kier alpha value is -1.42. The lowest BCUT2D eigenvalue weighted by molar-refractivity contribution is -0.155. The predicted octanol–water partition coefficient (Wildman–Crippen LogP) is 1.91. The Kier molecular flexibility index (Phi) is 5.32. The molecular weight excluding hydrogens is 380 g/mol. The van der Waals surface area contributed by atoms with E-state index in [0.29, 0.717) is 0 Å². The second kappa shape index (κ2) is 6.63. The first-order chi connectivity index (χ1) is 11.7. The van der Waals surface area contributed by atoms with Crippen molar-refractivity contribution in [1.82, 2.24) is 9.55 Å². The molecule has 1 fully saturated rings. The lowest BCUT2D eigenvalue weighted by Gasteiger charge is -2.41. The van der Waals surface area contributed by atoms with E-state index >= 15 is 0 Å².